The Morgan fingerprint density at radius 2 is 1.83 bits per heavy atom. The summed E-state index contributed by atoms with van der Waals surface area (Å²) in [7, 11) is 0.708. The summed E-state index contributed by atoms with van der Waals surface area (Å²) in [6.07, 6.45) is 13.2. The van der Waals surface area contributed by atoms with Gasteiger partial charge in [-0.3, -0.25) is 9.71 Å². The zero-order valence-corrected chi connectivity index (χ0v) is 21.9. The topological polar surface area (TPSA) is 100 Å². The van der Waals surface area contributed by atoms with E-state index in [2.05, 4.69) is 44.0 Å². The average molecular weight is 505 g/mol. The molecule has 1 aromatic heterocycles. The first-order valence-corrected chi connectivity index (χ1v) is 13.9. The van der Waals surface area contributed by atoms with E-state index in [-0.39, 0.29) is 17.4 Å². The highest BCUT2D eigenvalue weighted by molar-refractivity contribution is 7.89. The van der Waals surface area contributed by atoms with Gasteiger partial charge in [0.25, 0.3) is 0 Å². The molecule has 3 rings (SSSR count). The molecule has 1 atom stereocenters. The molecule has 0 saturated heterocycles. The second-order valence-corrected chi connectivity index (χ2v) is 11.3. The predicted octanol–water partition coefficient (Wildman–Crippen LogP) is 4.14. The first-order valence-electron chi connectivity index (χ1n) is 12.2. The van der Waals surface area contributed by atoms with Crippen molar-refractivity contribution in [1.82, 2.24) is 24.6 Å². The third-order valence-corrected chi connectivity index (χ3v) is 7.79. The molecule has 192 valence electrons. The summed E-state index contributed by atoms with van der Waals surface area (Å²) >= 11 is 0. The van der Waals surface area contributed by atoms with E-state index in [9.17, 15) is 12.8 Å². The lowest BCUT2D eigenvalue weighted by Gasteiger charge is -2.32. The Morgan fingerprint density at radius 3 is 2.49 bits per heavy atom. The van der Waals surface area contributed by atoms with Crippen LogP contribution in [0.5, 0.6) is 0 Å². The third-order valence-electron chi connectivity index (χ3n) is 6.31. The van der Waals surface area contributed by atoms with Gasteiger partial charge in [0.1, 0.15) is 5.83 Å². The summed E-state index contributed by atoms with van der Waals surface area (Å²) in [5, 5.41) is 3.45. The van der Waals surface area contributed by atoms with Crippen molar-refractivity contribution in [1.29, 1.82) is 0 Å². The minimum Gasteiger partial charge on any atom is -0.351 e. The molecule has 1 aromatic rings. The number of aromatic nitrogens is 3. The van der Waals surface area contributed by atoms with Gasteiger partial charge in [-0.15, -0.1) is 0 Å². The van der Waals surface area contributed by atoms with Gasteiger partial charge in [-0.25, -0.2) is 22.8 Å². The molecule has 2 N–H and O–H groups in total. The maximum atomic E-state index is 14.7. The van der Waals surface area contributed by atoms with E-state index in [4.69, 9.17) is 0 Å². The van der Waals surface area contributed by atoms with Crippen molar-refractivity contribution >= 4 is 16.0 Å². The first kappa shape index (κ1) is 27.0. The number of hydrogen-bond donors (Lipinski definition) is 2. The van der Waals surface area contributed by atoms with Gasteiger partial charge in [0.2, 0.25) is 16.0 Å². The molecular formula is C25H37FN6O2S. The molecule has 2 aliphatic carbocycles. The van der Waals surface area contributed by atoms with Crippen LogP contribution in [0.3, 0.4) is 0 Å². The molecule has 0 bridgehead atoms. The quantitative estimate of drug-likeness (QED) is 0.549. The number of aryl methyl sites for hydroxylation is 1. The lowest BCUT2D eigenvalue weighted by atomic mass is 9.91. The van der Waals surface area contributed by atoms with E-state index >= 15 is 0 Å². The predicted molar refractivity (Wildman–Crippen MR) is 137 cm³/mol. The smallest absolute Gasteiger partial charge is 0.232 e. The highest BCUT2D eigenvalue weighted by Gasteiger charge is 2.23. The monoisotopic (exact) mass is 504 g/mol. The van der Waals surface area contributed by atoms with E-state index in [1.165, 1.54) is 6.08 Å². The summed E-state index contributed by atoms with van der Waals surface area (Å²) in [6.45, 7) is 3.67. The second kappa shape index (κ2) is 12.4. The Bertz CT molecular complexity index is 1100. The van der Waals surface area contributed by atoms with Gasteiger partial charge in [-0.1, -0.05) is 13.0 Å². The van der Waals surface area contributed by atoms with Gasteiger partial charge in [-0.05, 0) is 77.2 Å². The molecule has 1 unspecified atom stereocenters. The number of allylic oxidation sites excluding steroid dienone is 3. The zero-order chi connectivity index (χ0) is 25.4. The summed E-state index contributed by atoms with van der Waals surface area (Å²) in [6, 6.07) is 2.84. The van der Waals surface area contributed by atoms with Crippen LogP contribution in [0.15, 0.2) is 48.3 Å². The van der Waals surface area contributed by atoms with Crippen molar-refractivity contribution in [3.05, 3.63) is 59.6 Å². The highest BCUT2D eigenvalue weighted by Crippen LogP contribution is 2.29. The second-order valence-electron chi connectivity index (χ2n) is 9.46. The summed E-state index contributed by atoms with van der Waals surface area (Å²) in [5.74, 6) is -0.418. The highest BCUT2D eigenvalue weighted by atomic mass is 32.2. The van der Waals surface area contributed by atoms with Crippen LogP contribution in [0.25, 0.3) is 0 Å². The van der Waals surface area contributed by atoms with Crippen molar-refractivity contribution < 1.29 is 12.8 Å². The molecule has 10 heteroatoms. The van der Waals surface area contributed by atoms with E-state index < -0.39 is 15.9 Å². The van der Waals surface area contributed by atoms with Gasteiger partial charge < -0.3 is 10.2 Å². The van der Waals surface area contributed by atoms with Crippen molar-refractivity contribution in [2.24, 2.45) is 0 Å². The van der Waals surface area contributed by atoms with Crippen molar-refractivity contribution in [3.63, 3.8) is 0 Å². The number of rotatable bonds is 8. The molecule has 0 aromatic carbocycles. The fourth-order valence-corrected chi connectivity index (χ4v) is 5.54. The third kappa shape index (κ3) is 8.24. The first-order chi connectivity index (χ1) is 16.7. The molecule has 2 aliphatic rings. The fraction of sp³-hybridized carbons (Fsp3) is 0.560. The van der Waals surface area contributed by atoms with Crippen LogP contribution >= 0.6 is 0 Å². The summed E-state index contributed by atoms with van der Waals surface area (Å²) in [4.78, 5) is 15.8. The molecule has 8 nitrogen and oxygen atoms in total. The van der Waals surface area contributed by atoms with Crippen molar-refractivity contribution in [3.8, 4) is 0 Å². The summed E-state index contributed by atoms with van der Waals surface area (Å²) < 4.78 is 41.0. The van der Waals surface area contributed by atoms with Gasteiger partial charge in [0, 0.05) is 42.3 Å². The molecule has 35 heavy (non-hydrogen) atoms. The van der Waals surface area contributed by atoms with E-state index in [1.807, 2.05) is 13.0 Å². The van der Waals surface area contributed by atoms with Crippen LogP contribution in [0, 0.1) is 6.92 Å². The van der Waals surface area contributed by atoms with Crippen molar-refractivity contribution in [2.75, 3.05) is 25.2 Å². The van der Waals surface area contributed by atoms with Crippen LogP contribution in [0.4, 0.5) is 10.3 Å². The largest absolute Gasteiger partial charge is 0.351 e. The lowest BCUT2D eigenvalue weighted by molar-refractivity contribution is 0.221. The number of sulfonamides is 1. The minimum absolute atomic E-state index is 0.00657. The summed E-state index contributed by atoms with van der Waals surface area (Å²) in [5.41, 5.74) is 1.51. The fourth-order valence-electron chi connectivity index (χ4n) is 4.38. The minimum atomic E-state index is -3.55. The molecule has 1 fully saturated rings. The number of nitrogens with one attached hydrogen (secondary N) is 2. The standard InChI is InChI=1S/C25H37FN6O2S/c1-5-14-35(33,34)31-23-11-6-19(16-22(23)26)24-15-18(2)17-29-25(28-13-12-27-24)30-20-7-9-21(10-8-20)32(3)4/h11-13,15-17,19-21,31H,5-10,14H2,1-4H3,(H,28,29,30). The van der Waals surface area contributed by atoms with Gasteiger partial charge in [0.05, 0.1) is 11.4 Å². The van der Waals surface area contributed by atoms with E-state index in [1.54, 1.807) is 31.6 Å². The number of anilines is 1. The Morgan fingerprint density at radius 1 is 1.11 bits per heavy atom. The van der Waals surface area contributed by atoms with Gasteiger partial charge in [-0.2, -0.15) is 0 Å². The average Bonchev–Trinajstić information content (AvgIpc) is 2.80. The van der Waals surface area contributed by atoms with Gasteiger partial charge in [0.15, 0.2) is 0 Å². The molecule has 1 heterocycles. The van der Waals surface area contributed by atoms with E-state index in [0.717, 1.165) is 31.2 Å². The Labute approximate surface area is 208 Å². The molecule has 0 spiro atoms. The Kier molecular flexibility index (Phi) is 9.56. The maximum absolute atomic E-state index is 14.7. The normalized spacial score (nSPS) is 22.6. The number of hydrogen-bond acceptors (Lipinski definition) is 7. The SMILES string of the molecule is CCCS(=O)(=O)NC1=CCC(c2cc(C)cnc(NC3CCC(N(C)C)CC3)nccn2)C=C1F. The molecular weight excluding hydrogens is 467 g/mol. The molecule has 0 amide bonds. The Hall–Kier alpha value is -2.59. The van der Waals surface area contributed by atoms with Crippen LogP contribution in [-0.4, -0.2) is 60.2 Å². The van der Waals surface area contributed by atoms with Crippen LogP contribution < -0.4 is 10.0 Å². The number of nitrogens with zero attached hydrogens (tertiary/aromatic N) is 4. The zero-order valence-electron chi connectivity index (χ0n) is 21.0. The van der Waals surface area contributed by atoms with Crippen LogP contribution in [-0.2, 0) is 10.0 Å². The lowest BCUT2D eigenvalue weighted by Crippen LogP contribution is -2.36. The molecule has 1 saturated carbocycles. The van der Waals surface area contributed by atoms with Crippen LogP contribution in [0.1, 0.15) is 62.6 Å². The Balaban J connectivity index is 1.72. The van der Waals surface area contributed by atoms with E-state index in [0.29, 0.717) is 36.6 Å². The molecule has 0 radical (unpaired) electrons. The number of halogens is 1. The molecule has 0 aliphatic heterocycles. The van der Waals surface area contributed by atoms with Crippen molar-refractivity contribution in [2.45, 2.75) is 70.4 Å². The van der Waals surface area contributed by atoms with Crippen LogP contribution in [0.2, 0.25) is 0 Å². The maximum Gasteiger partial charge on any atom is 0.232 e. The van der Waals surface area contributed by atoms with Gasteiger partial charge >= 0.3 is 0 Å².